The fraction of sp³-hybridized carbons (Fsp3) is 0.375. The van der Waals surface area contributed by atoms with E-state index >= 15 is 0 Å². The third-order valence-corrected chi connectivity index (χ3v) is 6.47. The summed E-state index contributed by atoms with van der Waals surface area (Å²) in [4.78, 5) is 18.9. The van der Waals surface area contributed by atoms with Crippen molar-refractivity contribution in [2.75, 3.05) is 17.8 Å². The molecule has 0 aromatic carbocycles. The number of thioether (sulfide) groups is 1. The molecule has 2 aromatic rings. The summed E-state index contributed by atoms with van der Waals surface area (Å²) in [7, 11) is -3.10. The standard InChI is InChI=1S/C16H18N2O4S2/c1-23-15-14(5-2-7-17-15)16(19)18(10-13-4-3-8-22-13)12-6-9-24(20,21)11-12/h2-5,7-8,12H,6,9-11H2,1H3. The molecule has 1 aliphatic heterocycles. The van der Waals surface area contributed by atoms with Crippen LogP contribution >= 0.6 is 11.8 Å². The van der Waals surface area contributed by atoms with Crippen LogP contribution in [-0.2, 0) is 16.4 Å². The third-order valence-electron chi connectivity index (χ3n) is 4.01. The summed E-state index contributed by atoms with van der Waals surface area (Å²) in [6, 6.07) is 6.62. The summed E-state index contributed by atoms with van der Waals surface area (Å²) in [6.45, 7) is 0.245. The minimum Gasteiger partial charge on any atom is -0.467 e. The van der Waals surface area contributed by atoms with Gasteiger partial charge in [0.25, 0.3) is 5.91 Å². The molecule has 1 amide bonds. The Morgan fingerprint density at radius 2 is 2.25 bits per heavy atom. The highest BCUT2D eigenvalue weighted by molar-refractivity contribution is 7.98. The first-order chi connectivity index (χ1) is 11.5. The SMILES string of the molecule is CSc1ncccc1C(=O)N(Cc1ccco1)C1CCS(=O)(=O)C1. The highest BCUT2D eigenvalue weighted by Gasteiger charge is 2.36. The van der Waals surface area contributed by atoms with E-state index < -0.39 is 9.84 Å². The molecule has 1 unspecified atom stereocenters. The molecule has 8 heteroatoms. The predicted octanol–water partition coefficient (Wildman–Crippen LogP) is 2.23. The number of nitrogens with zero attached hydrogens (tertiary/aromatic N) is 2. The molecule has 1 atom stereocenters. The number of hydrogen-bond acceptors (Lipinski definition) is 6. The first-order valence-electron chi connectivity index (χ1n) is 7.53. The number of hydrogen-bond donors (Lipinski definition) is 0. The maximum atomic E-state index is 13.1. The van der Waals surface area contributed by atoms with Crippen molar-refractivity contribution >= 4 is 27.5 Å². The summed E-state index contributed by atoms with van der Waals surface area (Å²) in [5.41, 5.74) is 0.487. The van der Waals surface area contributed by atoms with Gasteiger partial charge in [0.1, 0.15) is 10.8 Å². The van der Waals surface area contributed by atoms with Crippen molar-refractivity contribution in [1.29, 1.82) is 0 Å². The van der Waals surface area contributed by atoms with Gasteiger partial charge in [-0.05, 0) is 36.9 Å². The van der Waals surface area contributed by atoms with Gasteiger partial charge in [-0.25, -0.2) is 13.4 Å². The van der Waals surface area contributed by atoms with Gasteiger partial charge in [0.15, 0.2) is 9.84 Å². The average Bonchev–Trinajstić information content (AvgIpc) is 3.21. The number of carbonyl (C=O) groups excluding carboxylic acids is 1. The zero-order chi connectivity index (χ0) is 17.2. The molecular formula is C16H18N2O4S2. The van der Waals surface area contributed by atoms with Crippen molar-refractivity contribution in [2.45, 2.75) is 24.0 Å². The number of sulfone groups is 1. The lowest BCUT2D eigenvalue weighted by Crippen LogP contribution is -2.40. The maximum Gasteiger partial charge on any atom is 0.257 e. The second kappa shape index (κ2) is 6.98. The van der Waals surface area contributed by atoms with E-state index in [2.05, 4.69) is 4.98 Å². The molecule has 1 fully saturated rings. The molecule has 0 saturated carbocycles. The minimum absolute atomic E-state index is 0.00564. The number of rotatable bonds is 5. The molecule has 0 bridgehead atoms. The van der Waals surface area contributed by atoms with Crippen molar-refractivity contribution < 1.29 is 17.6 Å². The zero-order valence-corrected chi connectivity index (χ0v) is 14.8. The van der Waals surface area contributed by atoms with E-state index in [1.807, 2.05) is 6.26 Å². The van der Waals surface area contributed by atoms with Gasteiger partial charge in [0.05, 0.1) is 29.9 Å². The van der Waals surface area contributed by atoms with E-state index in [4.69, 9.17) is 4.42 Å². The lowest BCUT2D eigenvalue weighted by atomic mass is 10.1. The fourth-order valence-electron chi connectivity index (χ4n) is 2.83. The Labute approximate surface area is 145 Å². The summed E-state index contributed by atoms with van der Waals surface area (Å²) < 4.78 is 29.1. The van der Waals surface area contributed by atoms with E-state index in [0.717, 1.165) is 0 Å². The van der Waals surface area contributed by atoms with Crippen molar-refractivity contribution in [3.63, 3.8) is 0 Å². The van der Waals surface area contributed by atoms with Crippen LogP contribution in [0.5, 0.6) is 0 Å². The van der Waals surface area contributed by atoms with Crippen LogP contribution in [0, 0.1) is 0 Å². The maximum absolute atomic E-state index is 13.1. The highest BCUT2D eigenvalue weighted by atomic mass is 32.2. The minimum atomic E-state index is -3.10. The average molecular weight is 366 g/mol. The van der Waals surface area contributed by atoms with Gasteiger partial charge in [-0.1, -0.05) is 0 Å². The van der Waals surface area contributed by atoms with Gasteiger partial charge in [-0.15, -0.1) is 11.8 Å². The second-order valence-corrected chi connectivity index (χ2v) is 8.65. The molecule has 3 rings (SSSR count). The van der Waals surface area contributed by atoms with Gasteiger partial charge >= 0.3 is 0 Å². The Morgan fingerprint density at radius 1 is 1.42 bits per heavy atom. The number of pyridine rings is 1. The molecule has 3 heterocycles. The molecular weight excluding hydrogens is 348 g/mol. The van der Waals surface area contributed by atoms with E-state index in [-0.39, 0.29) is 30.0 Å². The van der Waals surface area contributed by atoms with Crippen molar-refractivity contribution in [2.24, 2.45) is 0 Å². The van der Waals surface area contributed by atoms with Crippen LogP contribution in [-0.4, -0.2) is 48.0 Å². The molecule has 128 valence electrons. The summed E-state index contributed by atoms with van der Waals surface area (Å²) in [5, 5.41) is 0.632. The molecule has 0 aliphatic carbocycles. The number of amides is 1. The van der Waals surface area contributed by atoms with Crippen LogP contribution in [0.3, 0.4) is 0 Å². The third kappa shape index (κ3) is 3.64. The van der Waals surface area contributed by atoms with Crippen LogP contribution in [0.25, 0.3) is 0 Å². The van der Waals surface area contributed by atoms with Crippen molar-refractivity contribution in [3.8, 4) is 0 Å². The Hall–Kier alpha value is -1.80. The highest BCUT2D eigenvalue weighted by Crippen LogP contribution is 2.25. The fourth-order valence-corrected chi connectivity index (χ4v) is 5.10. The van der Waals surface area contributed by atoms with Crippen molar-refractivity contribution in [1.82, 2.24) is 9.88 Å². The quantitative estimate of drug-likeness (QED) is 0.755. The molecule has 0 N–H and O–H groups in total. The van der Waals surface area contributed by atoms with Gasteiger partial charge in [-0.3, -0.25) is 4.79 Å². The predicted molar refractivity (Wildman–Crippen MR) is 91.7 cm³/mol. The molecule has 0 spiro atoms. The Bertz CT molecular complexity index is 818. The number of carbonyl (C=O) groups is 1. The number of aromatic nitrogens is 1. The van der Waals surface area contributed by atoms with E-state index in [9.17, 15) is 13.2 Å². The molecule has 0 radical (unpaired) electrons. The van der Waals surface area contributed by atoms with E-state index in [0.29, 0.717) is 22.8 Å². The normalized spacial score (nSPS) is 19.3. The van der Waals surface area contributed by atoms with Crippen LogP contribution in [0.1, 0.15) is 22.5 Å². The Balaban J connectivity index is 1.93. The van der Waals surface area contributed by atoms with Crippen LogP contribution in [0.4, 0.5) is 0 Å². The summed E-state index contributed by atoms with van der Waals surface area (Å²) in [6.07, 6.45) is 5.49. The number of furan rings is 1. The first-order valence-corrected chi connectivity index (χ1v) is 10.6. The second-order valence-electron chi connectivity index (χ2n) is 5.63. The van der Waals surface area contributed by atoms with Gasteiger partial charge in [0.2, 0.25) is 0 Å². The summed E-state index contributed by atoms with van der Waals surface area (Å²) >= 11 is 1.39. The molecule has 1 aliphatic rings. The first kappa shape index (κ1) is 17.0. The topological polar surface area (TPSA) is 80.5 Å². The van der Waals surface area contributed by atoms with E-state index in [1.165, 1.54) is 11.8 Å². The molecule has 24 heavy (non-hydrogen) atoms. The lowest BCUT2D eigenvalue weighted by Gasteiger charge is -2.28. The van der Waals surface area contributed by atoms with Crippen LogP contribution in [0.2, 0.25) is 0 Å². The molecule has 1 saturated heterocycles. The van der Waals surface area contributed by atoms with Gasteiger partial charge in [-0.2, -0.15) is 0 Å². The lowest BCUT2D eigenvalue weighted by molar-refractivity contribution is 0.0661. The zero-order valence-electron chi connectivity index (χ0n) is 13.2. The smallest absolute Gasteiger partial charge is 0.257 e. The monoisotopic (exact) mass is 366 g/mol. The van der Waals surface area contributed by atoms with Crippen LogP contribution in [0.15, 0.2) is 46.2 Å². The summed E-state index contributed by atoms with van der Waals surface area (Å²) in [5.74, 6) is 0.518. The van der Waals surface area contributed by atoms with Gasteiger partial charge < -0.3 is 9.32 Å². The van der Waals surface area contributed by atoms with Crippen LogP contribution < -0.4 is 0 Å². The van der Waals surface area contributed by atoms with Gasteiger partial charge in [0, 0.05) is 12.2 Å². The van der Waals surface area contributed by atoms with Crippen molar-refractivity contribution in [3.05, 3.63) is 48.0 Å². The Kier molecular flexibility index (Phi) is 4.96. The molecule has 2 aromatic heterocycles. The van der Waals surface area contributed by atoms with E-state index in [1.54, 1.807) is 41.6 Å². The Morgan fingerprint density at radius 3 is 2.88 bits per heavy atom. The molecule has 6 nitrogen and oxygen atoms in total. The largest absolute Gasteiger partial charge is 0.467 e.